The predicted molar refractivity (Wildman–Crippen MR) is 29.6 cm³/mol. The summed E-state index contributed by atoms with van der Waals surface area (Å²) in [6.07, 6.45) is 0.392. The maximum atomic E-state index is 9.78. The van der Waals surface area contributed by atoms with Crippen LogP contribution >= 0.6 is 0 Å². The van der Waals surface area contributed by atoms with Gasteiger partial charge in [-0.2, -0.15) is 0 Å². The monoisotopic (exact) mass is 132 g/mol. The lowest BCUT2D eigenvalue weighted by atomic mass is 10.1. The molecule has 3 N–H and O–H groups in total. The second kappa shape index (κ2) is 2.61. The van der Waals surface area contributed by atoms with E-state index in [9.17, 15) is 4.79 Å². The second-order valence-electron chi connectivity index (χ2n) is 1.66. The van der Waals surface area contributed by atoms with Crippen molar-refractivity contribution in [1.82, 2.24) is 0 Å². The smallest absolute Gasteiger partial charge is 0.247 e. The van der Waals surface area contributed by atoms with Crippen molar-refractivity contribution in [2.24, 2.45) is 0 Å². The van der Waals surface area contributed by atoms with Gasteiger partial charge in [0.1, 0.15) is 0 Å². The van der Waals surface area contributed by atoms with Gasteiger partial charge in [-0.15, -0.1) is 0 Å². The van der Waals surface area contributed by atoms with E-state index in [4.69, 9.17) is 15.3 Å². The Labute approximate surface area is 52.1 Å². The fraction of sp³-hybridized carbons (Fsp3) is 0.400. The van der Waals surface area contributed by atoms with Crippen molar-refractivity contribution >= 4 is 6.29 Å². The van der Waals surface area contributed by atoms with Crippen molar-refractivity contribution < 1.29 is 20.1 Å². The average molecular weight is 132 g/mol. The Morgan fingerprint density at radius 2 is 2.00 bits per heavy atom. The number of hydrogen-bond donors (Lipinski definition) is 3. The molecule has 0 spiro atoms. The molecule has 0 saturated carbocycles. The number of carbonyl (C=O) groups is 1. The first kappa shape index (κ1) is 8.13. The molecule has 0 amide bonds. The van der Waals surface area contributed by atoms with Crippen LogP contribution in [0.4, 0.5) is 0 Å². The molecule has 0 unspecified atom stereocenters. The van der Waals surface area contributed by atoms with Crippen LogP contribution in [-0.2, 0) is 4.79 Å². The molecule has 0 aromatic carbocycles. The number of rotatable bonds is 2. The van der Waals surface area contributed by atoms with Crippen LogP contribution in [0.25, 0.3) is 0 Å². The number of aliphatic hydroxyl groups is 3. The van der Waals surface area contributed by atoms with Crippen LogP contribution < -0.4 is 0 Å². The van der Waals surface area contributed by atoms with E-state index in [-0.39, 0.29) is 11.9 Å². The molecule has 0 radical (unpaired) electrons. The summed E-state index contributed by atoms with van der Waals surface area (Å²) in [5, 5.41) is 25.3. The highest BCUT2D eigenvalue weighted by Crippen LogP contribution is 2.07. The molecule has 0 bridgehead atoms. The summed E-state index contributed by atoms with van der Waals surface area (Å²) in [7, 11) is 0. The Hall–Kier alpha value is -0.870. The maximum absolute atomic E-state index is 9.78. The molecule has 0 heterocycles. The molecule has 0 aliphatic rings. The van der Waals surface area contributed by atoms with Gasteiger partial charge in [-0.3, -0.25) is 4.79 Å². The molecular weight excluding hydrogens is 124 g/mol. The van der Waals surface area contributed by atoms with E-state index in [1.807, 2.05) is 0 Å². The van der Waals surface area contributed by atoms with Crippen molar-refractivity contribution in [2.45, 2.75) is 12.7 Å². The highest BCUT2D eigenvalue weighted by Gasteiger charge is 2.24. The van der Waals surface area contributed by atoms with Gasteiger partial charge in [0.05, 0.1) is 6.26 Å². The van der Waals surface area contributed by atoms with Crippen LogP contribution in [0.15, 0.2) is 11.8 Å². The van der Waals surface area contributed by atoms with E-state index in [1.165, 1.54) is 6.92 Å². The third-order valence-corrected chi connectivity index (χ3v) is 0.938. The Kier molecular flexibility index (Phi) is 2.36. The summed E-state index contributed by atoms with van der Waals surface area (Å²) in [6.45, 7) is 1.22. The highest BCUT2D eigenvalue weighted by atomic mass is 16.5. The van der Waals surface area contributed by atoms with Crippen molar-refractivity contribution in [2.75, 3.05) is 0 Å². The molecule has 0 fully saturated rings. The first-order valence-corrected chi connectivity index (χ1v) is 2.27. The summed E-state index contributed by atoms with van der Waals surface area (Å²) in [5.41, 5.74) is -0.211. The molecule has 52 valence electrons. The fourth-order valence-corrected chi connectivity index (χ4v) is 0.188. The number of aliphatic hydroxyl groups excluding tert-OH is 1. The Balaban J connectivity index is 4.32. The minimum absolute atomic E-state index is 0.0744. The molecule has 0 rings (SSSR count). The Morgan fingerprint density at radius 3 is 2.11 bits per heavy atom. The van der Waals surface area contributed by atoms with Gasteiger partial charge in [-0.1, -0.05) is 0 Å². The topological polar surface area (TPSA) is 77.8 Å². The zero-order chi connectivity index (χ0) is 7.49. The quantitative estimate of drug-likeness (QED) is 0.264. The van der Waals surface area contributed by atoms with E-state index < -0.39 is 5.79 Å². The molecule has 0 atom stereocenters. The molecule has 0 saturated heterocycles. The zero-order valence-corrected chi connectivity index (χ0v) is 4.90. The summed E-state index contributed by atoms with van der Waals surface area (Å²) < 4.78 is 0. The first-order chi connectivity index (χ1) is 4.04. The summed E-state index contributed by atoms with van der Waals surface area (Å²) in [6, 6.07) is 0. The van der Waals surface area contributed by atoms with Crippen LogP contribution in [0, 0.1) is 0 Å². The third kappa shape index (κ3) is 1.83. The third-order valence-electron chi connectivity index (χ3n) is 0.938. The van der Waals surface area contributed by atoms with Gasteiger partial charge in [0, 0.05) is 5.57 Å². The lowest BCUT2D eigenvalue weighted by Gasteiger charge is -2.12. The van der Waals surface area contributed by atoms with E-state index in [0.29, 0.717) is 6.26 Å². The van der Waals surface area contributed by atoms with E-state index in [2.05, 4.69) is 0 Å². The largest absolute Gasteiger partial charge is 0.515 e. The Morgan fingerprint density at radius 1 is 1.56 bits per heavy atom. The molecule has 0 aromatic rings. The van der Waals surface area contributed by atoms with Crippen LogP contribution in [0.1, 0.15) is 6.92 Å². The molecule has 4 nitrogen and oxygen atoms in total. The van der Waals surface area contributed by atoms with Gasteiger partial charge in [0.2, 0.25) is 5.79 Å². The van der Waals surface area contributed by atoms with Crippen LogP contribution in [0.5, 0.6) is 0 Å². The minimum atomic E-state index is -2.52. The minimum Gasteiger partial charge on any atom is -0.515 e. The van der Waals surface area contributed by atoms with Crippen LogP contribution in [0.2, 0.25) is 0 Å². The van der Waals surface area contributed by atoms with Crippen LogP contribution in [0.3, 0.4) is 0 Å². The summed E-state index contributed by atoms with van der Waals surface area (Å²) >= 11 is 0. The highest BCUT2D eigenvalue weighted by molar-refractivity contribution is 5.64. The molecule has 0 aliphatic carbocycles. The standard InChI is InChI=1S/C5H8O4/c1-4(2-6)5(8,9)3-7/h2-3,6,8-9H,1H3. The van der Waals surface area contributed by atoms with E-state index in [1.54, 1.807) is 0 Å². The average Bonchev–Trinajstić information content (AvgIpc) is 1.86. The van der Waals surface area contributed by atoms with Crippen molar-refractivity contribution in [1.29, 1.82) is 0 Å². The normalized spacial score (nSPS) is 13.4. The van der Waals surface area contributed by atoms with Crippen molar-refractivity contribution in [3.63, 3.8) is 0 Å². The number of hydrogen-bond acceptors (Lipinski definition) is 4. The van der Waals surface area contributed by atoms with Crippen molar-refractivity contribution in [3.8, 4) is 0 Å². The van der Waals surface area contributed by atoms with Crippen LogP contribution in [-0.4, -0.2) is 27.4 Å². The van der Waals surface area contributed by atoms with Gasteiger partial charge in [-0.05, 0) is 6.92 Å². The fourth-order valence-electron chi connectivity index (χ4n) is 0.188. The zero-order valence-electron chi connectivity index (χ0n) is 4.90. The summed E-state index contributed by atoms with van der Waals surface area (Å²) in [4.78, 5) is 9.78. The van der Waals surface area contributed by atoms with E-state index >= 15 is 0 Å². The van der Waals surface area contributed by atoms with Gasteiger partial charge < -0.3 is 15.3 Å². The molecule has 0 aliphatic heterocycles. The molecule has 0 aromatic heterocycles. The number of carbonyl (C=O) groups excluding carboxylic acids is 1. The summed E-state index contributed by atoms with van der Waals surface area (Å²) in [5.74, 6) is -2.52. The number of aldehydes is 1. The first-order valence-electron chi connectivity index (χ1n) is 2.27. The SMILES string of the molecule is CC(=CO)C(O)(O)C=O. The second-order valence-corrected chi connectivity index (χ2v) is 1.66. The maximum Gasteiger partial charge on any atom is 0.247 e. The molecular formula is C5H8O4. The lowest BCUT2D eigenvalue weighted by Crippen LogP contribution is -2.31. The molecule has 4 heteroatoms. The Bertz CT molecular complexity index is 136. The van der Waals surface area contributed by atoms with Gasteiger partial charge >= 0.3 is 0 Å². The van der Waals surface area contributed by atoms with Crippen molar-refractivity contribution in [3.05, 3.63) is 11.8 Å². The van der Waals surface area contributed by atoms with Gasteiger partial charge in [0.25, 0.3) is 0 Å². The molecule has 9 heavy (non-hydrogen) atoms. The predicted octanol–water partition coefficient (Wildman–Crippen LogP) is -0.672. The van der Waals surface area contributed by atoms with Gasteiger partial charge in [0.15, 0.2) is 6.29 Å². The van der Waals surface area contributed by atoms with E-state index in [0.717, 1.165) is 0 Å². The lowest BCUT2D eigenvalue weighted by molar-refractivity contribution is -0.155. The van der Waals surface area contributed by atoms with Gasteiger partial charge in [-0.25, -0.2) is 0 Å².